The van der Waals surface area contributed by atoms with Crippen molar-refractivity contribution >= 4 is 0 Å². The predicted octanol–water partition coefficient (Wildman–Crippen LogP) is 2.79. The van der Waals surface area contributed by atoms with Gasteiger partial charge in [0.1, 0.15) is 0 Å². The Morgan fingerprint density at radius 2 is 2.00 bits per heavy atom. The first-order valence-electron chi connectivity index (χ1n) is 7.00. The Labute approximate surface area is 110 Å². The molecule has 0 radical (unpaired) electrons. The van der Waals surface area contributed by atoms with Crippen LogP contribution in [-0.4, -0.2) is 18.8 Å². The third-order valence-corrected chi connectivity index (χ3v) is 4.93. The average molecular weight is 245 g/mol. The van der Waals surface area contributed by atoms with Gasteiger partial charge in [0.15, 0.2) is 0 Å². The van der Waals surface area contributed by atoms with Crippen molar-refractivity contribution in [2.45, 2.75) is 56.1 Å². The van der Waals surface area contributed by atoms with Gasteiger partial charge in [0.2, 0.25) is 0 Å². The van der Waals surface area contributed by atoms with E-state index < -0.39 is 0 Å². The van der Waals surface area contributed by atoms with E-state index in [1.807, 2.05) is 7.11 Å². The maximum absolute atomic E-state index is 6.16. The van der Waals surface area contributed by atoms with Crippen LogP contribution in [-0.2, 0) is 16.6 Å². The third kappa shape index (κ3) is 1.98. The van der Waals surface area contributed by atoms with Gasteiger partial charge in [0, 0.05) is 25.0 Å². The number of ether oxygens (including phenoxy) is 1. The number of hydrogen-bond acceptors (Lipinski definition) is 2. The Balaban J connectivity index is 1.82. The molecule has 3 rings (SSSR count). The van der Waals surface area contributed by atoms with Gasteiger partial charge in [0.25, 0.3) is 0 Å². The van der Waals surface area contributed by atoms with Crippen LogP contribution in [0.1, 0.15) is 43.7 Å². The minimum absolute atomic E-state index is 0.143. The molecule has 2 nitrogen and oxygen atoms in total. The molecule has 0 spiro atoms. The largest absolute Gasteiger partial charge is 0.378 e. The van der Waals surface area contributed by atoms with Crippen molar-refractivity contribution in [2.75, 3.05) is 7.11 Å². The second-order valence-corrected chi connectivity index (χ2v) is 6.21. The first kappa shape index (κ1) is 12.2. The molecule has 2 fully saturated rings. The van der Waals surface area contributed by atoms with E-state index in [4.69, 9.17) is 10.5 Å². The van der Waals surface area contributed by atoms with Gasteiger partial charge in [-0.15, -0.1) is 0 Å². The lowest BCUT2D eigenvalue weighted by Gasteiger charge is -2.21. The lowest BCUT2D eigenvalue weighted by molar-refractivity contribution is 0.0807. The van der Waals surface area contributed by atoms with Crippen molar-refractivity contribution in [3.8, 4) is 0 Å². The van der Waals surface area contributed by atoms with Crippen LogP contribution in [0.25, 0.3) is 0 Å². The Bertz CT molecular complexity index is 444. The van der Waals surface area contributed by atoms with E-state index in [0.29, 0.717) is 0 Å². The molecule has 18 heavy (non-hydrogen) atoms. The van der Waals surface area contributed by atoms with Crippen molar-refractivity contribution in [2.24, 2.45) is 5.73 Å². The molecule has 1 unspecified atom stereocenters. The third-order valence-electron chi connectivity index (χ3n) is 4.93. The predicted molar refractivity (Wildman–Crippen MR) is 73.7 cm³/mol. The maximum atomic E-state index is 6.16. The molecule has 2 saturated carbocycles. The fraction of sp³-hybridized carbons (Fsp3) is 0.625. The van der Waals surface area contributed by atoms with E-state index in [-0.39, 0.29) is 17.1 Å². The van der Waals surface area contributed by atoms with E-state index >= 15 is 0 Å². The zero-order chi connectivity index (χ0) is 12.8. The van der Waals surface area contributed by atoms with E-state index in [0.717, 1.165) is 6.42 Å². The van der Waals surface area contributed by atoms with Crippen LogP contribution in [0.2, 0.25) is 0 Å². The minimum Gasteiger partial charge on any atom is -0.378 e. The van der Waals surface area contributed by atoms with Gasteiger partial charge in [-0.05, 0) is 43.7 Å². The summed E-state index contributed by atoms with van der Waals surface area (Å²) >= 11 is 0. The van der Waals surface area contributed by atoms with Crippen LogP contribution < -0.4 is 5.73 Å². The summed E-state index contributed by atoms with van der Waals surface area (Å²) in [5, 5.41) is 0. The summed E-state index contributed by atoms with van der Waals surface area (Å²) in [7, 11) is 1.83. The highest BCUT2D eigenvalue weighted by Gasteiger charge is 2.48. The second-order valence-electron chi connectivity index (χ2n) is 6.21. The lowest BCUT2D eigenvalue weighted by Crippen LogP contribution is -2.31. The number of hydrogen-bond donors (Lipinski definition) is 1. The summed E-state index contributed by atoms with van der Waals surface area (Å²) in [6.45, 7) is 2.14. The molecule has 0 bridgehead atoms. The van der Waals surface area contributed by atoms with E-state index in [1.54, 1.807) is 0 Å². The molecule has 1 atom stereocenters. The van der Waals surface area contributed by atoms with Gasteiger partial charge in [-0.25, -0.2) is 0 Å². The fourth-order valence-corrected chi connectivity index (χ4v) is 3.10. The molecule has 2 aliphatic carbocycles. The quantitative estimate of drug-likeness (QED) is 0.865. The van der Waals surface area contributed by atoms with Gasteiger partial charge in [0.05, 0.1) is 5.60 Å². The fourth-order valence-electron chi connectivity index (χ4n) is 3.10. The van der Waals surface area contributed by atoms with E-state index in [9.17, 15) is 0 Å². The molecule has 0 heterocycles. The van der Waals surface area contributed by atoms with Crippen molar-refractivity contribution in [1.29, 1.82) is 0 Å². The highest BCUT2D eigenvalue weighted by Crippen LogP contribution is 2.50. The molecule has 2 aliphatic rings. The van der Waals surface area contributed by atoms with Crippen LogP contribution in [0.3, 0.4) is 0 Å². The number of rotatable bonds is 5. The van der Waals surface area contributed by atoms with Crippen LogP contribution in [0.5, 0.6) is 0 Å². The summed E-state index contributed by atoms with van der Waals surface area (Å²) in [5.74, 6) is 0. The monoisotopic (exact) mass is 245 g/mol. The molecule has 0 aliphatic heterocycles. The van der Waals surface area contributed by atoms with Crippen LogP contribution in [0, 0.1) is 0 Å². The van der Waals surface area contributed by atoms with Crippen LogP contribution in [0.15, 0.2) is 24.3 Å². The molecule has 1 aromatic rings. The standard InChI is InChI=1S/C16H23NO/c1-12(17)16(8-9-16)14-5-3-4-13(10-14)11-15(18-2)6-7-15/h3-5,10,12H,6-9,11,17H2,1-2H3. The number of benzene rings is 1. The van der Waals surface area contributed by atoms with Gasteiger partial charge in [-0.3, -0.25) is 0 Å². The van der Waals surface area contributed by atoms with Crippen LogP contribution in [0.4, 0.5) is 0 Å². The SMILES string of the molecule is COC1(Cc2cccc(C3(C(C)N)CC3)c2)CC1. The zero-order valence-corrected chi connectivity index (χ0v) is 11.4. The van der Waals surface area contributed by atoms with Gasteiger partial charge in [-0.1, -0.05) is 24.3 Å². The molecule has 2 heteroatoms. The summed E-state index contributed by atoms with van der Waals surface area (Å²) < 4.78 is 5.62. The highest BCUT2D eigenvalue weighted by atomic mass is 16.5. The first-order valence-corrected chi connectivity index (χ1v) is 7.00. The summed E-state index contributed by atoms with van der Waals surface area (Å²) in [4.78, 5) is 0. The average Bonchev–Trinajstić information content (AvgIpc) is 3.25. The highest BCUT2D eigenvalue weighted by molar-refractivity contribution is 5.37. The summed E-state index contributed by atoms with van der Waals surface area (Å²) in [5.41, 5.74) is 9.40. The Morgan fingerprint density at radius 3 is 2.50 bits per heavy atom. The lowest BCUT2D eigenvalue weighted by atomic mass is 9.88. The molecule has 2 N–H and O–H groups in total. The van der Waals surface area contributed by atoms with Crippen LogP contribution >= 0.6 is 0 Å². The van der Waals surface area contributed by atoms with E-state index in [1.165, 1.54) is 36.8 Å². The Hall–Kier alpha value is -0.860. The van der Waals surface area contributed by atoms with Crippen molar-refractivity contribution in [3.63, 3.8) is 0 Å². The van der Waals surface area contributed by atoms with Crippen molar-refractivity contribution < 1.29 is 4.74 Å². The molecular formula is C16H23NO. The topological polar surface area (TPSA) is 35.2 Å². The molecule has 0 saturated heterocycles. The second kappa shape index (κ2) is 4.07. The molecule has 98 valence electrons. The van der Waals surface area contributed by atoms with Crippen molar-refractivity contribution in [1.82, 2.24) is 0 Å². The van der Waals surface area contributed by atoms with Gasteiger partial charge in [-0.2, -0.15) is 0 Å². The molecule has 1 aromatic carbocycles. The summed E-state index contributed by atoms with van der Waals surface area (Å²) in [6, 6.07) is 9.26. The maximum Gasteiger partial charge on any atom is 0.0721 e. The summed E-state index contributed by atoms with van der Waals surface area (Å²) in [6.07, 6.45) is 5.93. The minimum atomic E-state index is 0.143. The Kier molecular flexibility index (Phi) is 2.76. The van der Waals surface area contributed by atoms with E-state index in [2.05, 4.69) is 31.2 Å². The van der Waals surface area contributed by atoms with Gasteiger partial charge < -0.3 is 10.5 Å². The first-order chi connectivity index (χ1) is 8.60. The van der Waals surface area contributed by atoms with Crippen molar-refractivity contribution in [3.05, 3.63) is 35.4 Å². The molecule has 0 aromatic heterocycles. The smallest absolute Gasteiger partial charge is 0.0721 e. The Morgan fingerprint density at radius 1 is 1.28 bits per heavy atom. The number of nitrogens with two attached hydrogens (primary N) is 1. The molecular weight excluding hydrogens is 222 g/mol. The van der Waals surface area contributed by atoms with Gasteiger partial charge >= 0.3 is 0 Å². The molecule has 0 amide bonds. The zero-order valence-electron chi connectivity index (χ0n) is 11.4. The number of methoxy groups -OCH3 is 1. The normalized spacial score (nSPS) is 24.6.